The van der Waals surface area contributed by atoms with Crippen LogP contribution in [-0.4, -0.2) is 39.2 Å². The maximum atomic E-state index is 4.55. The second kappa shape index (κ2) is 5.03. The number of nitrogens with one attached hydrogen (secondary N) is 2. The van der Waals surface area contributed by atoms with E-state index in [4.69, 9.17) is 0 Å². The maximum Gasteiger partial charge on any atom is 0.205 e. The highest BCUT2D eigenvalue weighted by atomic mass is 32.1. The van der Waals surface area contributed by atoms with E-state index in [1.165, 1.54) is 17.1 Å². The van der Waals surface area contributed by atoms with Crippen LogP contribution in [0.5, 0.6) is 0 Å². The van der Waals surface area contributed by atoms with E-state index in [2.05, 4.69) is 36.7 Å². The summed E-state index contributed by atoms with van der Waals surface area (Å²) in [6.45, 7) is 4.93. The molecule has 1 aliphatic rings. The number of nitrogens with zero attached hydrogens (tertiary/aromatic N) is 4. The fraction of sp³-hybridized carbons (Fsp3) is 0.545. The molecule has 1 aliphatic heterocycles. The molecule has 1 fully saturated rings. The molecule has 96 valence electrons. The van der Waals surface area contributed by atoms with Gasteiger partial charge in [-0.05, 0) is 0 Å². The number of H-pyrrole nitrogens is 1. The van der Waals surface area contributed by atoms with Crippen molar-refractivity contribution in [2.45, 2.75) is 19.4 Å². The van der Waals surface area contributed by atoms with Crippen LogP contribution in [-0.2, 0) is 6.42 Å². The summed E-state index contributed by atoms with van der Waals surface area (Å²) in [7, 11) is 0. The average molecular weight is 264 g/mol. The molecule has 0 aliphatic carbocycles. The van der Waals surface area contributed by atoms with Crippen LogP contribution in [0.15, 0.2) is 12.4 Å². The first-order chi connectivity index (χ1) is 8.86. The minimum atomic E-state index is 0.312. The Hall–Kier alpha value is -1.47. The Labute approximate surface area is 110 Å². The van der Waals surface area contributed by atoms with Crippen molar-refractivity contribution in [3.05, 3.63) is 23.8 Å². The molecule has 2 aromatic rings. The van der Waals surface area contributed by atoms with Crippen molar-refractivity contribution in [3.63, 3.8) is 0 Å². The van der Waals surface area contributed by atoms with Crippen molar-refractivity contribution in [1.82, 2.24) is 24.9 Å². The zero-order valence-electron chi connectivity index (χ0n) is 10.3. The second-order valence-corrected chi connectivity index (χ2v) is 5.06. The van der Waals surface area contributed by atoms with Gasteiger partial charge in [-0.25, -0.2) is 4.98 Å². The van der Waals surface area contributed by atoms with Gasteiger partial charge in [0.25, 0.3) is 0 Å². The van der Waals surface area contributed by atoms with Crippen molar-refractivity contribution in [3.8, 4) is 0 Å². The predicted octanol–water partition coefficient (Wildman–Crippen LogP) is 0.975. The summed E-state index contributed by atoms with van der Waals surface area (Å²) in [5.74, 6) is 0.938. The zero-order chi connectivity index (χ0) is 12.4. The minimum absolute atomic E-state index is 0.312. The summed E-state index contributed by atoms with van der Waals surface area (Å²) in [5, 5.41) is 11.4. The molecule has 0 saturated carbocycles. The molecular weight excluding hydrogens is 248 g/mol. The lowest BCUT2D eigenvalue weighted by Gasteiger charge is -2.32. The van der Waals surface area contributed by atoms with Crippen LogP contribution in [0.3, 0.4) is 0 Å². The number of anilines is 1. The lowest BCUT2D eigenvalue weighted by molar-refractivity contribution is 0.471. The molecule has 6 nitrogen and oxygen atoms in total. The quantitative estimate of drug-likeness (QED) is 0.864. The van der Waals surface area contributed by atoms with Crippen molar-refractivity contribution in [1.29, 1.82) is 0 Å². The van der Waals surface area contributed by atoms with Gasteiger partial charge in [0.15, 0.2) is 0 Å². The molecule has 0 amide bonds. The van der Waals surface area contributed by atoms with E-state index in [0.29, 0.717) is 6.04 Å². The third kappa shape index (κ3) is 2.23. The fourth-order valence-electron chi connectivity index (χ4n) is 2.12. The summed E-state index contributed by atoms with van der Waals surface area (Å²) in [6, 6.07) is 0.312. The zero-order valence-corrected chi connectivity index (χ0v) is 11.1. The van der Waals surface area contributed by atoms with Crippen molar-refractivity contribution in [2.75, 3.05) is 24.5 Å². The molecule has 0 unspecified atom stereocenters. The first-order valence-corrected chi connectivity index (χ1v) is 6.93. The fourth-order valence-corrected chi connectivity index (χ4v) is 2.90. The molecule has 0 aromatic carbocycles. The van der Waals surface area contributed by atoms with Crippen LogP contribution in [0.25, 0.3) is 0 Å². The van der Waals surface area contributed by atoms with Gasteiger partial charge in [0, 0.05) is 49.3 Å². The van der Waals surface area contributed by atoms with Crippen LogP contribution < -0.4 is 10.2 Å². The lowest BCUT2D eigenvalue weighted by atomic mass is 10.1. The van der Waals surface area contributed by atoms with E-state index in [0.717, 1.165) is 37.0 Å². The monoisotopic (exact) mass is 264 g/mol. The molecule has 2 N–H and O–H groups in total. The number of aromatic nitrogens is 4. The van der Waals surface area contributed by atoms with E-state index in [9.17, 15) is 0 Å². The van der Waals surface area contributed by atoms with Crippen molar-refractivity contribution < 1.29 is 0 Å². The number of hydrogen-bond donors (Lipinski definition) is 2. The first-order valence-electron chi connectivity index (χ1n) is 6.16. The van der Waals surface area contributed by atoms with Gasteiger partial charge < -0.3 is 10.2 Å². The Bertz CT molecular complexity index is 493. The molecular formula is C11H16N6S. The summed E-state index contributed by atoms with van der Waals surface area (Å²) in [4.78, 5) is 6.85. The summed E-state index contributed by atoms with van der Waals surface area (Å²) in [5.41, 5.74) is 1.19. The first kappa shape index (κ1) is 11.6. The number of aromatic amines is 1. The van der Waals surface area contributed by atoms with E-state index in [1.807, 2.05) is 12.4 Å². The van der Waals surface area contributed by atoms with Crippen LogP contribution in [0, 0.1) is 0 Å². The lowest BCUT2D eigenvalue weighted by Crippen LogP contribution is -2.45. The second-order valence-electron chi connectivity index (χ2n) is 4.33. The van der Waals surface area contributed by atoms with Gasteiger partial charge >= 0.3 is 0 Å². The molecule has 1 atom stereocenters. The standard InChI is InChI=1S/C11H16N6S/c1-2-10-15-11(18-16-10)17-4-3-12-9(7-17)8-5-13-14-6-8/h5-6,9,12H,2-4,7H2,1H3,(H,13,14)/t9-/m0/s1. The van der Waals surface area contributed by atoms with E-state index in [-0.39, 0.29) is 0 Å². The Morgan fingerprint density at radius 2 is 2.50 bits per heavy atom. The number of rotatable bonds is 3. The minimum Gasteiger partial charge on any atom is -0.344 e. The van der Waals surface area contributed by atoms with Gasteiger partial charge in [-0.3, -0.25) is 5.10 Å². The molecule has 18 heavy (non-hydrogen) atoms. The Morgan fingerprint density at radius 3 is 3.22 bits per heavy atom. The Kier molecular flexibility index (Phi) is 3.24. The molecule has 0 radical (unpaired) electrons. The van der Waals surface area contributed by atoms with E-state index < -0.39 is 0 Å². The molecule has 7 heteroatoms. The van der Waals surface area contributed by atoms with Gasteiger partial charge in [0.2, 0.25) is 5.13 Å². The van der Waals surface area contributed by atoms with E-state index >= 15 is 0 Å². The highest BCUT2D eigenvalue weighted by molar-refractivity contribution is 7.09. The number of piperazine rings is 1. The third-order valence-corrected chi connectivity index (χ3v) is 3.96. The van der Waals surface area contributed by atoms with Gasteiger partial charge in [0.05, 0.1) is 12.2 Å². The molecule has 1 saturated heterocycles. The maximum absolute atomic E-state index is 4.55. The summed E-state index contributed by atoms with van der Waals surface area (Å²) in [6.07, 6.45) is 4.71. The van der Waals surface area contributed by atoms with Crippen molar-refractivity contribution >= 4 is 16.7 Å². The average Bonchev–Trinajstić information content (AvgIpc) is 3.10. The molecule has 3 heterocycles. The van der Waals surface area contributed by atoms with Crippen LogP contribution >= 0.6 is 11.5 Å². The highest BCUT2D eigenvalue weighted by Crippen LogP contribution is 2.23. The largest absolute Gasteiger partial charge is 0.344 e. The number of aryl methyl sites for hydroxylation is 1. The smallest absolute Gasteiger partial charge is 0.205 e. The van der Waals surface area contributed by atoms with Crippen LogP contribution in [0.2, 0.25) is 0 Å². The van der Waals surface area contributed by atoms with Gasteiger partial charge in [-0.2, -0.15) is 9.47 Å². The van der Waals surface area contributed by atoms with Gasteiger partial charge in [-0.15, -0.1) is 0 Å². The van der Waals surface area contributed by atoms with E-state index in [1.54, 1.807) is 0 Å². The Balaban J connectivity index is 1.74. The summed E-state index contributed by atoms with van der Waals surface area (Å²) >= 11 is 1.49. The molecule has 0 bridgehead atoms. The summed E-state index contributed by atoms with van der Waals surface area (Å²) < 4.78 is 4.35. The predicted molar refractivity (Wildman–Crippen MR) is 70.8 cm³/mol. The third-order valence-electron chi connectivity index (χ3n) is 3.14. The van der Waals surface area contributed by atoms with Crippen LogP contribution in [0.1, 0.15) is 24.4 Å². The highest BCUT2D eigenvalue weighted by Gasteiger charge is 2.23. The normalized spacial score (nSPS) is 20.3. The Morgan fingerprint density at radius 1 is 1.56 bits per heavy atom. The number of hydrogen-bond acceptors (Lipinski definition) is 6. The molecule has 0 spiro atoms. The molecule has 3 rings (SSSR count). The SMILES string of the molecule is CCc1nsc(N2CCN[C@H](c3cn[nH]c3)C2)n1. The topological polar surface area (TPSA) is 69.7 Å². The van der Waals surface area contributed by atoms with Crippen LogP contribution in [0.4, 0.5) is 5.13 Å². The van der Waals surface area contributed by atoms with Gasteiger partial charge in [-0.1, -0.05) is 6.92 Å². The van der Waals surface area contributed by atoms with Crippen molar-refractivity contribution in [2.24, 2.45) is 0 Å². The molecule has 2 aromatic heterocycles. The van der Waals surface area contributed by atoms with Gasteiger partial charge in [0.1, 0.15) is 5.82 Å².